The minimum Gasteiger partial charge on any atom is -0.457 e. The SMILES string of the molecule is CC(C)(C=C(C#N)C(=O)N1CCC[C@@H](n2c(=O)n(-c3ccc(Oc4ccccc4)cc3)c3c(N)nccc32)C1)N1CCOCC1. The summed E-state index contributed by atoms with van der Waals surface area (Å²) in [5.74, 6) is 1.25. The van der Waals surface area contributed by atoms with Crippen molar-refractivity contribution in [2.45, 2.75) is 38.3 Å². The molecule has 11 nitrogen and oxygen atoms in total. The molecule has 2 N–H and O–H groups in total. The van der Waals surface area contributed by atoms with Crippen LogP contribution < -0.4 is 16.2 Å². The first-order valence-corrected chi connectivity index (χ1v) is 15.2. The highest BCUT2D eigenvalue weighted by molar-refractivity contribution is 5.97. The summed E-state index contributed by atoms with van der Waals surface area (Å²) < 4.78 is 14.7. The van der Waals surface area contributed by atoms with E-state index in [1.807, 2.05) is 56.3 Å². The van der Waals surface area contributed by atoms with Crippen molar-refractivity contribution in [2.75, 3.05) is 45.1 Å². The standard InChI is InChI=1S/C34H37N7O4/c1-34(2,39-17-19-44-20-18-39)21-24(22-35)32(42)38-16-6-7-26(23-38)40-29-14-15-37-31(36)30(29)41(33(40)43)25-10-12-28(13-11-25)45-27-8-4-3-5-9-27/h3-5,8-15,21,26H,6-7,16-20,23H2,1-2H3,(H2,36,37)/t26-/m1/s1. The predicted molar refractivity (Wildman–Crippen MR) is 171 cm³/mol. The van der Waals surface area contributed by atoms with Crippen LogP contribution in [0.2, 0.25) is 0 Å². The van der Waals surface area contributed by atoms with Crippen molar-refractivity contribution in [3.8, 4) is 23.3 Å². The molecular formula is C34H37N7O4. The second-order valence-electron chi connectivity index (χ2n) is 11.9. The number of pyridine rings is 1. The number of hydrogen-bond donors (Lipinski definition) is 1. The molecule has 2 aromatic heterocycles. The Morgan fingerprint density at radius 1 is 1.07 bits per heavy atom. The van der Waals surface area contributed by atoms with E-state index in [0.717, 1.165) is 13.1 Å². The van der Waals surface area contributed by atoms with Crippen LogP contribution in [0.15, 0.2) is 83.3 Å². The third-order valence-electron chi connectivity index (χ3n) is 8.61. The van der Waals surface area contributed by atoms with Crippen molar-refractivity contribution in [1.29, 1.82) is 5.26 Å². The van der Waals surface area contributed by atoms with Crippen LogP contribution in [-0.2, 0) is 9.53 Å². The summed E-state index contributed by atoms with van der Waals surface area (Å²) in [4.78, 5) is 36.1. The van der Waals surface area contributed by atoms with Gasteiger partial charge in [-0.2, -0.15) is 5.26 Å². The number of para-hydroxylation sites is 1. The number of carbonyl (C=O) groups is 1. The van der Waals surface area contributed by atoms with E-state index in [1.54, 1.807) is 44.5 Å². The van der Waals surface area contributed by atoms with Crippen molar-refractivity contribution >= 4 is 22.8 Å². The molecule has 2 aliphatic rings. The van der Waals surface area contributed by atoms with Gasteiger partial charge >= 0.3 is 5.69 Å². The summed E-state index contributed by atoms with van der Waals surface area (Å²) in [5.41, 5.74) is 7.47. The van der Waals surface area contributed by atoms with Crippen LogP contribution in [0.25, 0.3) is 16.7 Å². The van der Waals surface area contributed by atoms with Gasteiger partial charge in [0, 0.05) is 37.9 Å². The molecule has 232 valence electrons. The molecule has 2 fully saturated rings. The normalized spacial score (nSPS) is 18.1. The first kappa shape index (κ1) is 30.1. The number of rotatable bonds is 7. The summed E-state index contributed by atoms with van der Waals surface area (Å²) in [6, 6.07) is 20.3. The maximum Gasteiger partial charge on any atom is 0.334 e. The van der Waals surface area contributed by atoms with Crippen LogP contribution in [0.4, 0.5) is 5.82 Å². The molecule has 0 bridgehead atoms. The van der Waals surface area contributed by atoms with E-state index in [4.69, 9.17) is 15.2 Å². The second-order valence-corrected chi connectivity index (χ2v) is 11.9. The average molecular weight is 608 g/mol. The number of nitrogen functional groups attached to an aromatic ring is 1. The van der Waals surface area contributed by atoms with Crippen molar-refractivity contribution in [3.05, 3.63) is 89.0 Å². The van der Waals surface area contributed by atoms with Gasteiger partial charge in [-0.25, -0.2) is 9.78 Å². The fourth-order valence-electron chi connectivity index (χ4n) is 6.32. The van der Waals surface area contributed by atoms with Crippen molar-refractivity contribution < 1.29 is 14.3 Å². The molecule has 1 amide bonds. The number of benzene rings is 2. The van der Waals surface area contributed by atoms with Crippen molar-refractivity contribution in [2.24, 2.45) is 0 Å². The van der Waals surface area contributed by atoms with E-state index in [0.29, 0.717) is 67.4 Å². The number of fused-ring (bicyclic) bond motifs is 1. The predicted octanol–water partition coefficient (Wildman–Crippen LogP) is 4.29. The number of piperidine rings is 1. The molecule has 45 heavy (non-hydrogen) atoms. The zero-order valence-corrected chi connectivity index (χ0v) is 25.6. The Morgan fingerprint density at radius 2 is 1.78 bits per heavy atom. The van der Waals surface area contributed by atoms with Crippen LogP contribution in [0.3, 0.4) is 0 Å². The lowest BCUT2D eigenvalue weighted by molar-refractivity contribution is -0.128. The molecule has 4 aromatic rings. The van der Waals surface area contributed by atoms with E-state index in [2.05, 4.69) is 16.0 Å². The van der Waals surface area contributed by atoms with Crippen LogP contribution >= 0.6 is 0 Å². The summed E-state index contributed by atoms with van der Waals surface area (Å²) >= 11 is 0. The lowest BCUT2D eigenvalue weighted by Gasteiger charge is -2.39. The highest BCUT2D eigenvalue weighted by atomic mass is 16.5. The van der Waals surface area contributed by atoms with E-state index in [1.165, 1.54) is 0 Å². The number of nitrogens with zero attached hydrogens (tertiary/aromatic N) is 6. The number of likely N-dealkylation sites (tertiary alicyclic amines) is 1. The van der Waals surface area contributed by atoms with Crippen molar-refractivity contribution in [1.82, 2.24) is 23.9 Å². The number of amides is 1. The minimum atomic E-state index is -0.490. The number of ether oxygens (including phenoxy) is 2. The Kier molecular flexibility index (Phi) is 8.43. The average Bonchev–Trinajstić information content (AvgIpc) is 3.37. The topological polar surface area (TPSA) is 132 Å². The Bertz CT molecular complexity index is 1810. The molecule has 2 aromatic carbocycles. The highest BCUT2D eigenvalue weighted by Gasteiger charge is 2.33. The molecule has 2 saturated heterocycles. The molecule has 1 atom stereocenters. The smallest absolute Gasteiger partial charge is 0.334 e. The number of hydrogen-bond acceptors (Lipinski definition) is 8. The molecule has 0 aliphatic carbocycles. The first-order valence-electron chi connectivity index (χ1n) is 15.2. The van der Waals surface area contributed by atoms with Gasteiger partial charge in [-0.1, -0.05) is 18.2 Å². The Hall–Kier alpha value is -4.92. The van der Waals surface area contributed by atoms with Crippen molar-refractivity contribution in [3.63, 3.8) is 0 Å². The van der Waals surface area contributed by atoms with E-state index in [-0.39, 0.29) is 29.0 Å². The lowest BCUT2D eigenvalue weighted by Crippen LogP contribution is -2.49. The van der Waals surface area contributed by atoms with Crippen LogP contribution in [0.1, 0.15) is 32.7 Å². The number of imidazole rings is 1. The Balaban J connectivity index is 1.30. The lowest BCUT2D eigenvalue weighted by atomic mass is 9.97. The fourth-order valence-corrected chi connectivity index (χ4v) is 6.32. The quantitative estimate of drug-likeness (QED) is 0.243. The maximum absolute atomic E-state index is 14.2. The molecule has 0 unspecified atom stereocenters. The van der Waals surface area contributed by atoms with Gasteiger partial charge in [0.2, 0.25) is 0 Å². The highest BCUT2D eigenvalue weighted by Crippen LogP contribution is 2.30. The van der Waals surface area contributed by atoms with Crippen LogP contribution in [0, 0.1) is 11.3 Å². The number of nitrogens with two attached hydrogens (primary N) is 1. The second kappa shape index (κ2) is 12.6. The van der Waals surface area contributed by atoms with Gasteiger partial charge in [-0.05, 0) is 75.2 Å². The fraction of sp³-hybridized carbons (Fsp3) is 0.353. The third-order valence-corrected chi connectivity index (χ3v) is 8.61. The van der Waals surface area contributed by atoms with Gasteiger partial charge in [0.1, 0.15) is 34.5 Å². The zero-order valence-electron chi connectivity index (χ0n) is 25.6. The molecule has 11 heteroatoms. The van der Waals surface area contributed by atoms with Crippen LogP contribution in [0.5, 0.6) is 11.5 Å². The number of aromatic nitrogens is 3. The molecular weight excluding hydrogens is 570 g/mol. The number of morpholine rings is 1. The third kappa shape index (κ3) is 6.07. The number of carbonyl (C=O) groups excluding carboxylic acids is 1. The number of anilines is 1. The zero-order chi connectivity index (χ0) is 31.6. The van der Waals surface area contributed by atoms with Gasteiger partial charge in [-0.15, -0.1) is 0 Å². The van der Waals surface area contributed by atoms with E-state index in [9.17, 15) is 14.9 Å². The summed E-state index contributed by atoms with van der Waals surface area (Å²) in [5, 5.41) is 10.0. The summed E-state index contributed by atoms with van der Waals surface area (Å²) in [7, 11) is 0. The molecule has 4 heterocycles. The van der Waals surface area contributed by atoms with Gasteiger partial charge in [0.25, 0.3) is 5.91 Å². The monoisotopic (exact) mass is 607 g/mol. The summed E-state index contributed by atoms with van der Waals surface area (Å²) in [6.07, 6.45) is 4.73. The van der Waals surface area contributed by atoms with Gasteiger partial charge in [0.05, 0.1) is 30.5 Å². The van der Waals surface area contributed by atoms with E-state index < -0.39 is 5.54 Å². The molecule has 6 rings (SSSR count). The molecule has 0 saturated carbocycles. The van der Waals surface area contributed by atoms with Gasteiger partial charge < -0.3 is 20.1 Å². The van der Waals surface area contributed by atoms with E-state index >= 15 is 0 Å². The van der Waals surface area contributed by atoms with Crippen LogP contribution in [-0.4, -0.2) is 74.8 Å². The first-order chi connectivity index (χ1) is 21.8. The van der Waals surface area contributed by atoms with Gasteiger partial charge in [0.15, 0.2) is 0 Å². The Morgan fingerprint density at radius 3 is 2.49 bits per heavy atom. The summed E-state index contributed by atoms with van der Waals surface area (Å²) in [6.45, 7) is 7.52. The molecule has 2 aliphatic heterocycles. The minimum absolute atomic E-state index is 0.105. The largest absolute Gasteiger partial charge is 0.457 e. The van der Waals surface area contributed by atoms with Gasteiger partial charge in [-0.3, -0.25) is 18.8 Å². The number of nitriles is 1. The molecule has 0 spiro atoms. The maximum atomic E-state index is 14.2. The molecule has 0 radical (unpaired) electrons. The Labute approximate surface area is 261 Å².